The van der Waals surface area contributed by atoms with Crippen molar-refractivity contribution in [3.05, 3.63) is 64.6 Å². The van der Waals surface area contributed by atoms with Gasteiger partial charge in [0.25, 0.3) is 5.91 Å². The summed E-state index contributed by atoms with van der Waals surface area (Å²) in [5.41, 5.74) is 1.51. The fourth-order valence-corrected chi connectivity index (χ4v) is 3.71. The molecular formula is C21H21BrN4O3S. The van der Waals surface area contributed by atoms with Gasteiger partial charge in [0.1, 0.15) is 5.01 Å². The lowest BCUT2D eigenvalue weighted by atomic mass is 10.2. The molecule has 2 aromatic carbocycles. The Bertz CT molecular complexity index is 979. The van der Waals surface area contributed by atoms with Crippen molar-refractivity contribution in [3.8, 4) is 10.6 Å². The summed E-state index contributed by atoms with van der Waals surface area (Å²) in [6.45, 7) is 1.06. The highest BCUT2D eigenvalue weighted by molar-refractivity contribution is 9.10. The number of nitrogens with zero attached hydrogens (tertiary/aromatic N) is 3. The van der Waals surface area contributed by atoms with Crippen molar-refractivity contribution < 1.29 is 14.3 Å². The van der Waals surface area contributed by atoms with Crippen molar-refractivity contribution >= 4 is 44.2 Å². The first-order valence-corrected chi connectivity index (χ1v) is 10.9. The standard InChI is InChI=1S/C21H21BrN4O3S/c1-29-14-13-26(20(28)16-7-9-17(22)10-8-16)12-11-18(27)23-21-25-24-19(30-21)15-5-3-2-4-6-15/h2-10H,11-14H2,1H3,(H,23,25,27). The zero-order valence-corrected chi connectivity index (χ0v) is 18.8. The number of methoxy groups -OCH3 is 1. The zero-order chi connectivity index (χ0) is 21.3. The molecule has 0 fully saturated rings. The number of carbonyl (C=O) groups excluding carboxylic acids is 2. The van der Waals surface area contributed by atoms with Crippen molar-refractivity contribution in [2.75, 3.05) is 32.1 Å². The van der Waals surface area contributed by atoms with E-state index >= 15 is 0 Å². The van der Waals surface area contributed by atoms with Crippen LogP contribution in [0.25, 0.3) is 10.6 Å². The highest BCUT2D eigenvalue weighted by Crippen LogP contribution is 2.25. The molecule has 0 atom stereocenters. The Balaban J connectivity index is 1.58. The van der Waals surface area contributed by atoms with Gasteiger partial charge in [-0.05, 0) is 24.3 Å². The Hall–Kier alpha value is -2.62. The van der Waals surface area contributed by atoms with Gasteiger partial charge in [0.2, 0.25) is 11.0 Å². The lowest BCUT2D eigenvalue weighted by Crippen LogP contribution is -2.36. The van der Waals surface area contributed by atoms with Crippen LogP contribution >= 0.6 is 27.3 Å². The van der Waals surface area contributed by atoms with E-state index in [1.807, 2.05) is 42.5 Å². The third-order valence-electron chi connectivity index (χ3n) is 4.24. The molecule has 0 aliphatic heterocycles. The van der Waals surface area contributed by atoms with Crippen LogP contribution in [0.1, 0.15) is 16.8 Å². The fraction of sp³-hybridized carbons (Fsp3) is 0.238. The molecule has 1 aromatic heterocycles. The molecule has 0 saturated heterocycles. The third-order valence-corrected chi connectivity index (χ3v) is 5.66. The molecule has 156 valence electrons. The van der Waals surface area contributed by atoms with Gasteiger partial charge in [-0.3, -0.25) is 9.59 Å². The first-order chi connectivity index (χ1) is 14.6. The van der Waals surface area contributed by atoms with Gasteiger partial charge in [-0.2, -0.15) is 0 Å². The molecule has 3 rings (SSSR count). The second-order valence-corrected chi connectivity index (χ2v) is 8.26. The minimum atomic E-state index is -0.225. The predicted octanol–water partition coefficient (Wildman–Crippen LogP) is 4.09. The summed E-state index contributed by atoms with van der Waals surface area (Å²) >= 11 is 4.67. The van der Waals surface area contributed by atoms with Crippen LogP contribution in [0.5, 0.6) is 0 Å². The van der Waals surface area contributed by atoms with E-state index in [2.05, 4.69) is 31.4 Å². The molecule has 7 nitrogen and oxygen atoms in total. The smallest absolute Gasteiger partial charge is 0.253 e. The number of aromatic nitrogens is 2. The van der Waals surface area contributed by atoms with E-state index in [0.717, 1.165) is 15.0 Å². The van der Waals surface area contributed by atoms with Gasteiger partial charge in [-0.25, -0.2) is 0 Å². The van der Waals surface area contributed by atoms with E-state index < -0.39 is 0 Å². The van der Waals surface area contributed by atoms with Crippen LogP contribution in [0.2, 0.25) is 0 Å². The molecule has 0 bridgehead atoms. The average molecular weight is 489 g/mol. The summed E-state index contributed by atoms with van der Waals surface area (Å²) in [4.78, 5) is 26.8. The molecule has 0 aliphatic carbocycles. The summed E-state index contributed by atoms with van der Waals surface area (Å²) in [5.74, 6) is -0.369. The van der Waals surface area contributed by atoms with E-state index in [1.54, 1.807) is 24.1 Å². The van der Waals surface area contributed by atoms with Gasteiger partial charge in [-0.1, -0.05) is 57.6 Å². The fourth-order valence-electron chi connectivity index (χ4n) is 2.68. The second-order valence-electron chi connectivity index (χ2n) is 6.37. The number of hydrogen-bond acceptors (Lipinski definition) is 6. The number of carbonyl (C=O) groups is 2. The molecule has 0 radical (unpaired) electrons. The second kappa shape index (κ2) is 11.0. The van der Waals surface area contributed by atoms with Crippen LogP contribution < -0.4 is 5.32 Å². The molecule has 9 heteroatoms. The minimum absolute atomic E-state index is 0.144. The third kappa shape index (κ3) is 6.19. The van der Waals surface area contributed by atoms with E-state index in [1.165, 1.54) is 11.3 Å². The van der Waals surface area contributed by atoms with Gasteiger partial charge < -0.3 is 15.0 Å². The van der Waals surface area contributed by atoms with Crippen molar-refractivity contribution in [1.82, 2.24) is 15.1 Å². The highest BCUT2D eigenvalue weighted by atomic mass is 79.9. The van der Waals surface area contributed by atoms with Crippen LogP contribution in [0.4, 0.5) is 5.13 Å². The summed E-state index contributed by atoms with van der Waals surface area (Å²) < 4.78 is 6.00. The van der Waals surface area contributed by atoms with Crippen molar-refractivity contribution in [2.45, 2.75) is 6.42 Å². The first kappa shape index (κ1) is 22.1. The molecule has 2 amide bonds. The first-order valence-electron chi connectivity index (χ1n) is 9.29. The van der Waals surface area contributed by atoms with Gasteiger partial charge in [0.05, 0.1) is 6.61 Å². The molecule has 0 unspecified atom stereocenters. The van der Waals surface area contributed by atoms with Crippen molar-refractivity contribution in [1.29, 1.82) is 0 Å². The van der Waals surface area contributed by atoms with Crippen molar-refractivity contribution in [3.63, 3.8) is 0 Å². The number of amides is 2. The number of rotatable bonds is 9. The average Bonchev–Trinajstić information content (AvgIpc) is 3.23. The Morgan fingerprint density at radius 3 is 2.50 bits per heavy atom. The molecule has 3 aromatic rings. The van der Waals surface area contributed by atoms with Crippen molar-refractivity contribution in [2.24, 2.45) is 0 Å². The molecule has 0 saturated carbocycles. The summed E-state index contributed by atoms with van der Waals surface area (Å²) in [5, 5.41) is 12.1. The topological polar surface area (TPSA) is 84.4 Å². The number of anilines is 1. The van der Waals surface area contributed by atoms with Crippen LogP contribution in [-0.2, 0) is 9.53 Å². The predicted molar refractivity (Wildman–Crippen MR) is 121 cm³/mol. The molecule has 1 N–H and O–H groups in total. The van der Waals surface area contributed by atoms with E-state index in [-0.39, 0.29) is 24.8 Å². The van der Waals surface area contributed by atoms with Gasteiger partial charge >= 0.3 is 0 Å². The van der Waals surface area contributed by atoms with Crippen LogP contribution in [0, 0.1) is 0 Å². The quantitative estimate of drug-likeness (QED) is 0.490. The lowest BCUT2D eigenvalue weighted by Gasteiger charge is -2.22. The van der Waals surface area contributed by atoms with Crippen LogP contribution in [-0.4, -0.2) is 53.7 Å². The largest absolute Gasteiger partial charge is 0.383 e. The van der Waals surface area contributed by atoms with Crippen LogP contribution in [0.15, 0.2) is 59.1 Å². The Labute approximate surface area is 187 Å². The Morgan fingerprint density at radius 2 is 1.80 bits per heavy atom. The number of nitrogens with one attached hydrogen (secondary N) is 1. The molecule has 1 heterocycles. The Morgan fingerprint density at radius 1 is 1.07 bits per heavy atom. The maximum absolute atomic E-state index is 12.8. The lowest BCUT2D eigenvalue weighted by molar-refractivity contribution is -0.116. The monoisotopic (exact) mass is 488 g/mol. The molecule has 0 spiro atoms. The molecular weight excluding hydrogens is 468 g/mol. The maximum Gasteiger partial charge on any atom is 0.253 e. The normalized spacial score (nSPS) is 10.6. The van der Waals surface area contributed by atoms with E-state index in [9.17, 15) is 9.59 Å². The number of ether oxygens (including phenoxy) is 1. The minimum Gasteiger partial charge on any atom is -0.383 e. The van der Waals surface area contributed by atoms with Gasteiger partial charge in [0.15, 0.2) is 0 Å². The SMILES string of the molecule is COCCN(CCC(=O)Nc1nnc(-c2ccccc2)s1)C(=O)c1ccc(Br)cc1. The molecule has 30 heavy (non-hydrogen) atoms. The van der Waals surface area contributed by atoms with Crippen LogP contribution in [0.3, 0.4) is 0 Å². The highest BCUT2D eigenvalue weighted by Gasteiger charge is 2.17. The molecule has 0 aliphatic rings. The van der Waals surface area contributed by atoms with E-state index in [0.29, 0.717) is 23.8 Å². The van der Waals surface area contributed by atoms with Gasteiger partial charge in [-0.15, -0.1) is 10.2 Å². The maximum atomic E-state index is 12.8. The number of hydrogen-bond donors (Lipinski definition) is 1. The summed E-state index contributed by atoms with van der Waals surface area (Å²) in [7, 11) is 1.58. The van der Waals surface area contributed by atoms with E-state index in [4.69, 9.17) is 4.74 Å². The number of halogens is 1. The number of benzene rings is 2. The summed E-state index contributed by atoms with van der Waals surface area (Å²) in [6, 6.07) is 16.8. The van der Waals surface area contributed by atoms with Gasteiger partial charge in [0, 0.05) is 42.2 Å². The zero-order valence-electron chi connectivity index (χ0n) is 16.4. The Kier molecular flexibility index (Phi) is 8.06. The summed E-state index contributed by atoms with van der Waals surface area (Å²) in [6.07, 6.45) is 0.145.